The van der Waals surface area contributed by atoms with Crippen LogP contribution in [0.15, 0.2) is 24.3 Å². The van der Waals surface area contributed by atoms with Gasteiger partial charge in [-0.15, -0.1) is 0 Å². The Morgan fingerprint density at radius 1 is 0.633 bits per heavy atom. The second-order valence-electron chi connectivity index (χ2n) is 7.44. The van der Waals surface area contributed by atoms with Crippen molar-refractivity contribution in [1.82, 2.24) is 0 Å². The maximum absolute atomic E-state index is 10.8. The first-order valence-corrected chi connectivity index (χ1v) is 10.2. The minimum Gasteiger partial charge on any atom is -0.383 e. The highest BCUT2D eigenvalue weighted by Gasteiger charge is 2.28. The van der Waals surface area contributed by atoms with Crippen molar-refractivity contribution >= 4 is 0 Å². The quantitative estimate of drug-likeness (QED) is 0.338. The molecule has 0 saturated carbocycles. The van der Waals surface area contributed by atoms with E-state index in [0.717, 1.165) is 0 Å². The largest absolute Gasteiger partial charge is 0.383 e. The lowest BCUT2D eigenvalue weighted by molar-refractivity contribution is -0.0573. The third-order valence-electron chi connectivity index (χ3n) is 4.48. The van der Waals surface area contributed by atoms with E-state index in [9.17, 15) is 10.2 Å². The van der Waals surface area contributed by atoms with Gasteiger partial charge in [0, 0.05) is 14.2 Å². The summed E-state index contributed by atoms with van der Waals surface area (Å²) in [7, 11) is 3.24. The van der Waals surface area contributed by atoms with Crippen LogP contribution >= 0.6 is 0 Å². The van der Waals surface area contributed by atoms with E-state index in [2.05, 4.69) is 0 Å². The lowest BCUT2D eigenvalue weighted by Gasteiger charge is -2.28. The molecule has 2 N–H and O–H groups in total. The highest BCUT2D eigenvalue weighted by atomic mass is 16.5. The van der Waals surface area contributed by atoms with Gasteiger partial charge in [0.25, 0.3) is 0 Å². The molecule has 0 aliphatic heterocycles. The van der Waals surface area contributed by atoms with Crippen LogP contribution in [0.3, 0.4) is 0 Å². The van der Waals surface area contributed by atoms with Gasteiger partial charge in [-0.2, -0.15) is 0 Å². The molecular weight excluding hydrogens is 392 g/mol. The number of rotatable bonds is 18. The summed E-state index contributed by atoms with van der Waals surface area (Å²) in [6, 6.07) is 7.19. The lowest BCUT2D eigenvalue weighted by Crippen LogP contribution is -2.31. The van der Waals surface area contributed by atoms with Crippen LogP contribution < -0.4 is 0 Å². The second-order valence-corrected chi connectivity index (χ2v) is 7.44. The van der Waals surface area contributed by atoms with Gasteiger partial charge in [-0.25, -0.2) is 0 Å². The summed E-state index contributed by atoms with van der Waals surface area (Å²) in [4.78, 5) is 0. The molecule has 0 aromatic heterocycles. The Morgan fingerprint density at radius 2 is 1.00 bits per heavy atom. The highest BCUT2D eigenvalue weighted by molar-refractivity contribution is 5.31. The van der Waals surface area contributed by atoms with Crippen LogP contribution in [0.1, 0.15) is 25.0 Å². The zero-order valence-electron chi connectivity index (χ0n) is 18.7. The fourth-order valence-electron chi connectivity index (χ4n) is 2.62. The molecule has 1 aromatic carbocycles. The summed E-state index contributed by atoms with van der Waals surface area (Å²) in [6.45, 7) is 7.29. The number of hydrogen-bond acceptors (Lipinski definition) is 8. The first kappa shape index (κ1) is 26.9. The summed E-state index contributed by atoms with van der Waals surface area (Å²) in [5.74, 6) is 0. The third kappa shape index (κ3) is 10.8. The van der Waals surface area contributed by atoms with Crippen LogP contribution in [0.4, 0.5) is 0 Å². The summed E-state index contributed by atoms with van der Waals surface area (Å²) in [6.07, 6.45) is 0. The van der Waals surface area contributed by atoms with E-state index >= 15 is 0 Å². The monoisotopic (exact) mass is 430 g/mol. The Labute approximate surface area is 180 Å². The summed E-state index contributed by atoms with van der Waals surface area (Å²) >= 11 is 0. The van der Waals surface area contributed by atoms with E-state index in [4.69, 9.17) is 28.4 Å². The lowest BCUT2D eigenvalue weighted by atomic mass is 9.90. The molecule has 174 valence electrons. The van der Waals surface area contributed by atoms with Crippen molar-refractivity contribution in [3.8, 4) is 0 Å². The second kappa shape index (κ2) is 14.8. The number of ether oxygens (including phenoxy) is 6. The Morgan fingerprint density at radius 3 is 1.40 bits per heavy atom. The van der Waals surface area contributed by atoms with Gasteiger partial charge in [0.1, 0.15) is 11.2 Å². The molecule has 0 fully saturated rings. The van der Waals surface area contributed by atoms with E-state index in [1.54, 1.807) is 40.2 Å². The molecule has 2 unspecified atom stereocenters. The smallest absolute Gasteiger partial charge is 0.110 e. The van der Waals surface area contributed by atoms with Gasteiger partial charge < -0.3 is 38.6 Å². The van der Waals surface area contributed by atoms with Gasteiger partial charge >= 0.3 is 0 Å². The van der Waals surface area contributed by atoms with Gasteiger partial charge in [0.2, 0.25) is 0 Å². The summed E-state index contributed by atoms with van der Waals surface area (Å²) in [5.41, 5.74) is -1.09. The molecule has 0 radical (unpaired) electrons. The maximum atomic E-state index is 10.8. The number of benzene rings is 1. The van der Waals surface area contributed by atoms with Gasteiger partial charge in [-0.05, 0) is 31.0 Å². The van der Waals surface area contributed by atoms with Crippen molar-refractivity contribution in [1.29, 1.82) is 0 Å². The molecule has 0 saturated heterocycles. The zero-order chi connectivity index (χ0) is 22.3. The molecule has 2 atom stereocenters. The normalized spacial score (nSPS) is 15.7. The Hall–Kier alpha value is -1.10. The van der Waals surface area contributed by atoms with Crippen molar-refractivity contribution in [3.63, 3.8) is 0 Å². The predicted octanol–water partition coefficient (Wildman–Crippen LogP) is 1.46. The van der Waals surface area contributed by atoms with Gasteiger partial charge in [-0.3, -0.25) is 0 Å². The third-order valence-corrected chi connectivity index (χ3v) is 4.48. The first-order valence-electron chi connectivity index (χ1n) is 10.2. The van der Waals surface area contributed by atoms with Crippen molar-refractivity contribution in [2.75, 3.05) is 80.3 Å². The van der Waals surface area contributed by atoms with Crippen LogP contribution in [0.25, 0.3) is 0 Å². The van der Waals surface area contributed by atoms with E-state index in [1.165, 1.54) is 0 Å². The topological polar surface area (TPSA) is 95.8 Å². The predicted molar refractivity (Wildman–Crippen MR) is 113 cm³/mol. The zero-order valence-corrected chi connectivity index (χ0v) is 18.7. The maximum Gasteiger partial charge on any atom is 0.110 e. The molecule has 1 aromatic rings. The van der Waals surface area contributed by atoms with Crippen molar-refractivity contribution < 1.29 is 38.6 Å². The Bertz CT molecular complexity index is 517. The molecule has 8 heteroatoms. The average Bonchev–Trinajstić information content (AvgIpc) is 2.72. The Kier molecular flexibility index (Phi) is 13.3. The van der Waals surface area contributed by atoms with Crippen LogP contribution in [-0.2, 0) is 39.6 Å². The van der Waals surface area contributed by atoms with Crippen LogP contribution in [0.2, 0.25) is 0 Å². The fraction of sp³-hybridized carbons (Fsp3) is 0.727. The number of aliphatic hydroxyl groups is 2. The molecule has 0 heterocycles. The standard InChI is InChI=1S/C22H38O8/c1-21(23,17-29-14-12-27-10-8-25-3)19-6-5-7-20(16-19)22(2,24)18-30-15-13-28-11-9-26-4/h5-7,16,23-24H,8-15,17-18H2,1-4H3. The fourth-order valence-corrected chi connectivity index (χ4v) is 2.62. The molecule has 0 amide bonds. The summed E-state index contributed by atoms with van der Waals surface area (Å²) in [5, 5.41) is 21.6. The molecule has 8 nitrogen and oxygen atoms in total. The number of methoxy groups -OCH3 is 2. The molecule has 1 rings (SSSR count). The molecule has 0 bridgehead atoms. The minimum absolute atomic E-state index is 0.113. The van der Waals surface area contributed by atoms with E-state index in [1.807, 2.05) is 12.1 Å². The molecule has 30 heavy (non-hydrogen) atoms. The van der Waals surface area contributed by atoms with E-state index in [-0.39, 0.29) is 13.2 Å². The minimum atomic E-state index is -1.20. The molecule has 0 aliphatic carbocycles. The average molecular weight is 431 g/mol. The number of hydrogen-bond donors (Lipinski definition) is 2. The van der Waals surface area contributed by atoms with Gasteiger partial charge in [0.15, 0.2) is 0 Å². The first-order chi connectivity index (χ1) is 14.3. The summed E-state index contributed by atoms with van der Waals surface area (Å²) < 4.78 is 31.6. The molecule has 0 spiro atoms. The van der Waals surface area contributed by atoms with E-state index in [0.29, 0.717) is 64.0 Å². The van der Waals surface area contributed by atoms with E-state index < -0.39 is 11.2 Å². The van der Waals surface area contributed by atoms with Crippen molar-refractivity contribution in [2.24, 2.45) is 0 Å². The highest BCUT2D eigenvalue weighted by Crippen LogP contribution is 2.27. The van der Waals surface area contributed by atoms with Gasteiger partial charge in [0.05, 0.1) is 66.1 Å². The van der Waals surface area contributed by atoms with Crippen LogP contribution in [0, 0.1) is 0 Å². The van der Waals surface area contributed by atoms with Gasteiger partial charge in [-0.1, -0.05) is 18.2 Å². The SMILES string of the molecule is COCCOCCOCC(C)(O)c1cccc(C(C)(O)COCCOCCOC)c1. The molecular formula is C22H38O8. The van der Waals surface area contributed by atoms with Crippen LogP contribution in [0.5, 0.6) is 0 Å². The van der Waals surface area contributed by atoms with Crippen molar-refractivity contribution in [3.05, 3.63) is 35.4 Å². The molecule has 0 aliphatic rings. The van der Waals surface area contributed by atoms with Crippen LogP contribution in [-0.4, -0.2) is 90.5 Å². The Balaban J connectivity index is 2.48. The van der Waals surface area contributed by atoms with Crippen molar-refractivity contribution in [2.45, 2.75) is 25.0 Å².